The molecule has 0 saturated carbocycles. The first-order chi connectivity index (χ1) is 14.5. The molecule has 0 unspecified atom stereocenters. The molecule has 0 aliphatic carbocycles. The number of nitrogens with zero attached hydrogens (tertiary/aromatic N) is 1. The lowest BCUT2D eigenvalue weighted by Crippen LogP contribution is -2.43. The van der Waals surface area contributed by atoms with Crippen LogP contribution in [0.1, 0.15) is 22.3 Å². The number of rotatable bonds is 6. The van der Waals surface area contributed by atoms with E-state index in [1.807, 2.05) is 36.4 Å². The smallest absolute Gasteiger partial charge is 0.269 e. The fourth-order valence-electron chi connectivity index (χ4n) is 2.58. The number of thiocarbonyl (C=S) groups is 1. The van der Waals surface area contributed by atoms with Crippen molar-refractivity contribution in [3.8, 4) is 0 Å². The number of carbonyl (C=O) groups is 3. The molecule has 2 aromatic rings. The van der Waals surface area contributed by atoms with Crippen LogP contribution in [0.25, 0.3) is 6.08 Å². The van der Waals surface area contributed by atoms with Crippen molar-refractivity contribution >= 4 is 52.1 Å². The zero-order valence-corrected chi connectivity index (χ0v) is 17.5. The first-order valence-electron chi connectivity index (χ1n) is 9.16. The van der Waals surface area contributed by atoms with Gasteiger partial charge in [-0.05, 0) is 23.8 Å². The first-order valence-corrected chi connectivity index (χ1v) is 10.4. The van der Waals surface area contributed by atoms with Crippen LogP contribution in [0.4, 0.5) is 0 Å². The van der Waals surface area contributed by atoms with Gasteiger partial charge in [0.05, 0.1) is 4.91 Å². The van der Waals surface area contributed by atoms with E-state index in [0.717, 1.165) is 5.56 Å². The number of nitrogens with one attached hydrogen (secondary N) is 2. The van der Waals surface area contributed by atoms with E-state index in [4.69, 9.17) is 12.2 Å². The van der Waals surface area contributed by atoms with E-state index >= 15 is 0 Å². The van der Waals surface area contributed by atoms with Crippen molar-refractivity contribution in [1.82, 2.24) is 15.8 Å². The van der Waals surface area contributed by atoms with E-state index in [0.29, 0.717) is 14.8 Å². The van der Waals surface area contributed by atoms with Gasteiger partial charge in [0.1, 0.15) is 4.32 Å². The van der Waals surface area contributed by atoms with E-state index < -0.39 is 11.8 Å². The second kappa shape index (κ2) is 10.5. The van der Waals surface area contributed by atoms with Crippen molar-refractivity contribution in [2.45, 2.75) is 6.42 Å². The molecule has 1 aliphatic rings. The van der Waals surface area contributed by atoms with E-state index in [9.17, 15) is 14.4 Å². The molecule has 0 bridgehead atoms. The third-order valence-electron chi connectivity index (χ3n) is 4.12. The molecule has 1 heterocycles. The Morgan fingerprint density at radius 3 is 2.37 bits per heavy atom. The molecular weight excluding hydrogens is 418 g/mol. The predicted octanol–water partition coefficient (Wildman–Crippen LogP) is 3.30. The summed E-state index contributed by atoms with van der Waals surface area (Å²) < 4.78 is 0.403. The van der Waals surface area contributed by atoms with Crippen molar-refractivity contribution in [1.29, 1.82) is 0 Å². The second-order valence-corrected chi connectivity index (χ2v) is 7.92. The number of benzene rings is 2. The lowest BCUT2D eigenvalue weighted by molar-refractivity contribution is -0.124. The lowest BCUT2D eigenvalue weighted by atomic mass is 10.2. The van der Waals surface area contributed by atoms with Gasteiger partial charge < -0.3 is 0 Å². The largest absolute Gasteiger partial charge is 0.292 e. The number of thioether (sulfide) groups is 1. The minimum atomic E-state index is -0.415. The van der Waals surface area contributed by atoms with E-state index in [2.05, 4.69) is 10.9 Å². The van der Waals surface area contributed by atoms with E-state index in [1.54, 1.807) is 42.5 Å². The minimum Gasteiger partial charge on any atom is -0.292 e. The van der Waals surface area contributed by atoms with Gasteiger partial charge in [-0.3, -0.25) is 30.1 Å². The molecule has 2 aromatic carbocycles. The molecule has 3 rings (SSSR count). The number of allylic oxidation sites excluding steroid dienone is 2. The van der Waals surface area contributed by atoms with Crippen LogP contribution in [0.5, 0.6) is 0 Å². The van der Waals surface area contributed by atoms with Gasteiger partial charge in [-0.15, -0.1) is 0 Å². The molecule has 8 heteroatoms. The van der Waals surface area contributed by atoms with Crippen molar-refractivity contribution in [2.24, 2.45) is 0 Å². The molecule has 1 aliphatic heterocycles. The number of hydrogen-bond donors (Lipinski definition) is 2. The summed E-state index contributed by atoms with van der Waals surface area (Å²) in [6.45, 7) is 0.136. The fourth-order valence-corrected chi connectivity index (χ4v) is 3.84. The maximum atomic E-state index is 12.5. The summed E-state index contributed by atoms with van der Waals surface area (Å²) in [5.74, 6) is -1.06. The predicted molar refractivity (Wildman–Crippen MR) is 122 cm³/mol. The summed E-state index contributed by atoms with van der Waals surface area (Å²) in [5, 5.41) is 0. The van der Waals surface area contributed by atoms with Crippen LogP contribution >= 0.6 is 24.0 Å². The van der Waals surface area contributed by atoms with Gasteiger partial charge in [0.15, 0.2) is 0 Å². The van der Waals surface area contributed by atoms with Crippen LogP contribution in [0.2, 0.25) is 0 Å². The second-order valence-electron chi connectivity index (χ2n) is 6.24. The van der Waals surface area contributed by atoms with E-state index in [-0.39, 0.29) is 18.9 Å². The van der Waals surface area contributed by atoms with Gasteiger partial charge in [0, 0.05) is 18.5 Å². The lowest BCUT2D eigenvalue weighted by Gasteiger charge is -2.14. The maximum Gasteiger partial charge on any atom is 0.269 e. The molecule has 6 nitrogen and oxygen atoms in total. The third-order valence-corrected chi connectivity index (χ3v) is 5.52. The van der Waals surface area contributed by atoms with Crippen molar-refractivity contribution < 1.29 is 14.4 Å². The standard InChI is InChI=1S/C22H19N3O3S2/c26-19(23-24-20(27)17-11-5-2-6-12-17)14-15-25-21(28)18(30-22(25)29)13-7-10-16-8-3-1-4-9-16/h1-13H,14-15H2,(H,23,26)(H,24,27)/b10-7+,18-13-. The van der Waals surface area contributed by atoms with E-state index in [1.165, 1.54) is 16.7 Å². The van der Waals surface area contributed by atoms with Crippen molar-refractivity contribution in [3.05, 3.63) is 88.8 Å². The highest BCUT2D eigenvalue weighted by Gasteiger charge is 2.31. The Balaban J connectivity index is 1.48. The van der Waals surface area contributed by atoms with Crippen molar-refractivity contribution in [3.63, 3.8) is 0 Å². The molecule has 0 spiro atoms. The molecular formula is C22H19N3O3S2. The highest BCUT2D eigenvalue weighted by atomic mass is 32.2. The van der Waals surface area contributed by atoms with Crippen LogP contribution in [0, 0.1) is 0 Å². The van der Waals surface area contributed by atoms with Gasteiger partial charge in [0.2, 0.25) is 5.91 Å². The average molecular weight is 438 g/mol. The Kier molecular flexibility index (Phi) is 7.53. The van der Waals surface area contributed by atoms with Crippen LogP contribution in [0.15, 0.2) is 77.7 Å². The first kappa shape index (κ1) is 21.5. The summed E-state index contributed by atoms with van der Waals surface area (Å²) in [5.41, 5.74) is 6.15. The topological polar surface area (TPSA) is 78.5 Å². The highest BCUT2D eigenvalue weighted by Crippen LogP contribution is 2.31. The van der Waals surface area contributed by atoms with Crippen LogP contribution in [-0.4, -0.2) is 33.5 Å². The fraction of sp³-hybridized carbons (Fsp3) is 0.0909. The quantitative estimate of drug-likeness (QED) is 0.412. The monoisotopic (exact) mass is 437 g/mol. The Morgan fingerprint density at radius 1 is 1.00 bits per heavy atom. The zero-order chi connectivity index (χ0) is 21.3. The summed E-state index contributed by atoms with van der Waals surface area (Å²) in [6.07, 6.45) is 5.42. The minimum absolute atomic E-state index is 0.00858. The number of hydrogen-bond acceptors (Lipinski definition) is 5. The summed E-state index contributed by atoms with van der Waals surface area (Å²) in [7, 11) is 0. The Morgan fingerprint density at radius 2 is 1.67 bits per heavy atom. The van der Waals surface area contributed by atoms with Gasteiger partial charge in [-0.1, -0.05) is 84.7 Å². The van der Waals surface area contributed by atoms with Crippen LogP contribution in [-0.2, 0) is 9.59 Å². The molecule has 0 aromatic heterocycles. The summed E-state index contributed by atoms with van der Waals surface area (Å²) in [4.78, 5) is 38.4. The van der Waals surface area contributed by atoms with Crippen LogP contribution < -0.4 is 10.9 Å². The SMILES string of the molecule is O=C(CCN1C(=O)/C(=C/C=C/c2ccccc2)SC1=S)NNC(=O)c1ccccc1. The Hall–Kier alpha value is -3.23. The number of carbonyl (C=O) groups excluding carboxylic acids is 3. The number of hydrazine groups is 1. The summed E-state index contributed by atoms with van der Waals surface area (Å²) >= 11 is 6.46. The summed E-state index contributed by atoms with van der Waals surface area (Å²) in [6, 6.07) is 18.3. The molecule has 1 fully saturated rings. The van der Waals surface area contributed by atoms with Gasteiger partial charge in [-0.25, -0.2) is 0 Å². The molecule has 152 valence electrons. The Bertz CT molecular complexity index is 1000. The molecule has 2 N–H and O–H groups in total. The Labute approximate surface area is 184 Å². The molecule has 30 heavy (non-hydrogen) atoms. The van der Waals surface area contributed by atoms with Gasteiger partial charge in [-0.2, -0.15) is 0 Å². The third kappa shape index (κ3) is 5.88. The number of amides is 3. The maximum absolute atomic E-state index is 12.5. The molecule has 0 atom stereocenters. The average Bonchev–Trinajstić information content (AvgIpc) is 3.04. The van der Waals surface area contributed by atoms with Gasteiger partial charge in [0.25, 0.3) is 11.8 Å². The normalized spacial score (nSPS) is 15.1. The van der Waals surface area contributed by atoms with Crippen LogP contribution in [0.3, 0.4) is 0 Å². The zero-order valence-electron chi connectivity index (χ0n) is 15.9. The highest BCUT2D eigenvalue weighted by molar-refractivity contribution is 8.26. The molecule has 1 saturated heterocycles. The van der Waals surface area contributed by atoms with Crippen molar-refractivity contribution in [2.75, 3.05) is 6.54 Å². The molecule has 3 amide bonds. The van der Waals surface area contributed by atoms with Gasteiger partial charge >= 0.3 is 0 Å². The molecule has 0 radical (unpaired) electrons.